The molecule has 1 aromatic rings. The first-order valence-electron chi connectivity index (χ1n) is 5.01. The maximum atomic E-state index is 9.83. The average Bonchev–Trinajstić information content (AvgIpc) is 2.22. The van der Waals surface area contributed by atoms with Crippen molar-refractivity contribution < 1.29 is 14.9 Å². The minimum absolute atomic E-state index is 0. The van der Waals surface area contributed by atoms with Crippen molar-refractivity contribution in [2.45, 2.75) is 19.4 Å². The van der Waals surface area contributed by atoms with Gasteiger partial charge in [-0.25, -0.2) is 0 Å². The summed E-state index contributed by atoms with van der Waals surface area (Å²) in [5.41, 5.74) is 6.40. The lowest BCUT2D eigenvalue weighted by Crippen LogP contribution is -2.12. The van der Waals surface area contributed by atoms with Gasteiger partial charge in [-0.05, 0) is 19.4 Å². The van der Waals surface area contributed by atoms with Crippen LogP contribution in [0, 0.1) is 0 Å². The Balaban J connectivity index is 0.00000225. The molecule has 0 saturated heterocycles. The zero-order valence-corrected chi connectivity index (χ0v) is 10.0. The second-order valence-corrected chi connectivity index (χ2v) is 3.25. The van der Waals surface area contributed by atoms with E-state index in [4.69, 9.17) is 15.6 Å². The van der Waals surface area contributed by atoms with Gasteiger partial charge in [0.2, 0.25) is 0 Å². The molecule has 1 rings (SSSR count). The van der Waals surface area contributed by atoms with Crippen molar-refractivity contribution in [3.05, 3.63) is 23.8 Å². The normalized spacial score (nSPS) is 11.7. The van der Waals surface area contributed by atoms with Gasteiger partial charge in [0.25, 0.3) is 0 Å². The third-order valence-corrected chi connectivity index (χ3v) is 2.17. The number of aromatic hydroxyl groups is 1. The first kappa shape index (κ1) is 15.0. The largest absolute Gasteiger partial charge is 0.504 e. The van der Waals surface area contributed by atoms with Crippen LogP contribution in [-0.2, 0) is 0 Å². The van der Waals surface area contributed by atoms with E-state index in [9.17, 15) is 5.11 Å². The summed E-state index contributed by atoms with van der Waals surface area (Å²) in [6.45, 7) is 2.34. The second-order valence-electron chi connectivity index (χ2n) is 3.25. The lowest BCUT2D eigenvalue weighted by Gasteiger charge is -2.14. The zero-order valence-electron chi connectivity index (χ0n) is 9.22. The van der Waals surface area contributed by atoms with E-state index in [0.29, 0.717) is 24.3 Å². The summed E-state index contributed by atoms with van der Waals surface area (Å²) in [5, 5.41) is 18.6. The van der Waals surface area contributed by atoms with Crippen LogP contribution >= 0.6 is 12.4 Å². The van der Waals surface area contributed by atoms with Gasteiger partial charge in [-0.1, -0.05) is 12.1 Å². The number of phenols is 1. The molecule has 0 saturated carbocycles. The molecule has 92 valence electrons. The molecule has 0 fully saturated rings. The van der Waals surface area contributed by atoms with Gasteiger partial charge in [0.1, 0.15) is 0 Å². The molecule has 0 aliphatic rings. The van der Waals surface area contributed by atoms with Crippen LogP contribution in [0.4, 0.5) is 0 Å². The molecule has 0 heterocycles. The van der Waals surface area contributed by atoms with Gasteiger partial charge in [0, 0.05) is 18.2 Å². The molecule has 1 atom stereocenters. The summed E-state index contributed by atoms with van der Waals surface area (Å²) in [7, 11) is 0. The van der Waals surface area contributed by atoms with Crippen LogP contribution in [0.15, 0.2) is 18.2 Å². The average molecular weight is 248 g/mol. The van der Waals surface area contributed by atoms with E-state index in [1.165, 1.54) is 0 Å². The number of hydrogen-bond donors (Lipinski definition) is 3. The van der Waals surface area contributed by atoms with E-state index in [2.05, 4.69) is 0 Å². The Bertz CT molecular complexity index is 320. The van der Waals surface area contributed by atoms with Crippen LogP contribution in [0.1, 0.15) is 24.9 Å². The summed E-state index contributed by atoms with van der Waals surface area (Å²) >= 11 is 0. The standard InChI is InChI=1S/C11H17NO3.ClH/c1-2-15-10-5-3-4-8(11(10)14)9(12)6-7-13;/h3-5,9,13-14H,2,6-7,12H2,1H3;1H/t9-;/m0./s1. The topological polar surface area (TPSA) is 75.7 Å². The van der Waals surface area contributed by atoms with Crippen LogP contribution in [0.2, 0.25) is 0 Å². The summed E-state index contributed by atoms with van der Waals surface area (Å²) in [6.07, 6.45) is 0.420. The SMILES string of the molecule is CCOc1cccc([C@@H](N)CCO)c1O.Cl. The first-order valence-corrected chi connectivity index (χ1v) is 5.01. The van der Waals surface area contributed by atoms with Crippen molar-refractivity contribution in [3.63, 3.8) is 0 Å². The quantitative estimate of drug-likeness (QED) is 0.739. The van der Waals surface area contributed by atoms with Crippen LogP contribution in [0.25, 0.3) is 0 Å². The first-order chi connectivity index (χ1) is 7.20. The Morgan fingerprint density at radius 1 is 1.44 bits per heavy atom. The number of rotatable bonds is 5. The smallest absolute Gasteiger partial charge is 0.162 e. The van der Waals surface area contributed by atoms with Gasteiger partial charge in [0.15, 0.2) is 11.5 Å². The van der Waals surface area contributed by atoms with E-state index in [1.54, 1.807) is 18.2 Å². The third kappa shape index (κ3) is 3.56. The van der Waals surface area contributed by atoms with Crippen molar-refractivity contribution in [2.75, 3.05) is 13.2 Å². The summed E-state index contributed by atoms with van der Waals surface area (Å²) in [6, 6.07) is 4.83. The fourth-order valence-corrected chi connectivity index (χ4v) is 1.41. The molecule has 16 heavy (non-hydrogen) atoms. The number of phenolic OH excluding ortho intramolecular Hbond substituents is 1. The fourth-order valence-electron chi connectivity index (χ4n) is 1.41. The Hall–Kier alpha value is -0.970. The van der Waals surface area contributed by atoms with Gasteiger partial charge in [-0.15, -0.1) is 12.4 Å². The van der Waals surface area contributed by atoms with E-state index in [0.717, 1.165) is 0 Å². The van der Waals surface area contributed by atoms with Crippen molar-refractivity contribution in [2.24, 2.45) is 5.73 Å². The van der Waals surface area contributed by atoms with Crippen LogP contribution in [0.5, 0.6) is 11.5 Å². The van der Waals surface area contributed by atoms with Crippen LogP contribution < -0.4 is 10.5 Å². The highest BCUT2D eigenvalue weighted by Gasteiger charge is 2.13. The lowest BCUT2D eigenvalue weighted by atomic mass is 10.0. The van der Waals surface area contributed by atoms with Crippen molar-refractivity contribution in [1.82, 2.24) is 0 Å². The highest BCUT2D eigenvalue weighted by atomic mass is 35.5. The van der Waals surface area contributed by atoms with Gasteiger partial charge in [0.05, 0.1) is 6.61 Å². The molecule has 0 bridgehead atoms. The molecule has 0 aliphatic carbocycles. The molecule has 0 radical (unpaired) electrons. The monoisotopic (exact) mass is 247 g/mol. The van der Waals surface area contributed by atoms with Crippen molar-refractivity contribution >= 4 is 12.4 Å². The Morgan fingerprint density at radius 2 is 2.12 bits per heavy atom. The van der Waals surface area contributed by atoms with E-state index >= 15 is 0 Å². The van der Waals surface area contributed by atoms with Gasteiger partial charge < -0.3 is 20.7 Å². The number of para-hydroxylation sites is 1. The van der Waals surface area contributed by atoms with Gasteiger partial charge >= 0.3 is 0 Å². The molecule has 0 aromatic heterocycles. The van der Waals surface area contributed by atoms with E-state index < -0.39 is 0 Å². The third-order valence-electron chi connectivity index (χ3n) is 2.17. The van der Waals surface area contributed by atoms with E-state index in [-0.39, 0.29) is 30.8 Å². The van der Waals surface area contributed by atoms with Crippen molar-refractivity contribution in [3.8, 4) is 11.5 Å². The highest BCUT2D eigenvalue weighted by molar-refractivity contribution is 5.85. The lowest BCUT2D eigenvalue weighted by molar-refractivity contribution is 0.274. The molecule has 0 unspecified atom stereocenters. The number of ether oxygens (including phenoxy) is 1. The molecule has 4 nitrogen and oxygen atoms in total. The minimum atomic E-state index is -0.365. The number of benzene rings is 1. The molecule has 0 spiro atoms. The summed E-state index contributed by atoms with van der Waals surface area (Å²) < 4.78 is 5.24. The Labute approximate surface area is 101 Å². The molecular formula is C11H18ClNO3. The molecule has 0 amide bonds. The van der Waals surface area contributed by atoms with Gasteiger partial charge in [-0.2, -0.15) is 0 Å². The number of aliphatic hydroxyl groups excluding tert-OH is 1. The maximum Gasteiger partial charge on any atom is 0.162 e. The number of nitrogens with two attached hydrogens (primary N) is 1. The fraction of sp³-hybridized carbons (Fsp3) is 0.455. The molecule has 5 heteroatoms. The maximum absolute atomic E-state index is 9.83. The second kappa shape index (κ2) is 7.33. The van der Waals surface area contributed by atoms with Crippen LogP contribution in [-0.4, -0.2) is 23.4 Å². The Kier molecular flexibility index (Phi) is 6.88. The zero-order chi connectivity index (χ0) is 11.3. The minimum Gasteiger partial charge on any atom is -0.504 e. The predicted molar refractivity (Wildman–Crippen MR) is 65.2 cm³/mol. The van der Waals surface area contributed by atoms with Gasteiger partial charge in [-0.3, -0.25) is 0 Å². The molecular weight excluding hydrogens is 230 g/mol. The number of aliphatic hydroxyl groups is 1. The molecule has 0 aliphatic heterocycles. The molecule has 4 N–H and O–H groups in total. The summed E-state index contributed by atoms with van der Waals surface area (Å²) in [5.74, 6) is 0.503. The molecule has 1 aromatic carbocycles. The number of halogens is 1. The highest BCUT2D eigenvalue weighted by Crippen LogP contribution is 2.33. The van der Waals surface area contributed by atoms with Crippen molar-refractivity contribution in [1.29, 1.82) is 0 Å². The summed E-state index contributed by atoms with van der Waals surface area (Å²) in [4.78, 5) is 0. The van der Waals surface area contributed by atoms with E-state index in [1.807, 2.05) is 6.92 Å². The number of hydrogen-bond acceptors (Lipinski definition) is 4. The Morgan fingerprint density at radius 3 is 2.69 bits per heavy atom. The predicted octanol–water partition coefficient (Wildman–Crippen LogP) is 1.59. The van der Waals surface area contributed by atoms with Crippen LogP contribution in [0.3, 0.4) is 0 Å².